The van der Waals surface area contributed by atoms with Gasteiger partial charge in [-0.05, 0) is 24.3 Å². The lowest BCUT2D eigenvalue weighted by molar-refractivity contribution is 0.112. The van der Waals surface area contributed by atoms with Crippen LogP contribution in [0.25, 0.3) is 0 Å². The third kappa shape index (κ3) is 7.22. The average molecular weight is 284 g/mol. The molecule has 0 saturated carbocycles. The van der Waals surface area contributed by atoms with Crippen LogP contribution in [0.5, 0.6) is 0 Å². The van der Waals surface area contributed by atoms with Gasteiger partial charge in [0.2, 0.25) is 0 Å². The Morgan fingerprint density at radius 3 is 2.33 bits per heavy atom. The molecule has 1 aromatic heterocycles. The number of hydrogen-bond donors (Lipinski definition) is 0. The molecule has 0 saturated heterocycles. The fourth-order valence-corrected chi connectivity index (χ4v) is 3.92. The first-order valence-corrected chi connectivity index (χ1v) is 8.85. The molecule has 3 heteroatoms. The first-order valence-electron chi connectivity index (χ1n) is 7.04. The molecule has 0 spiro atoms. The summed E-state index contributed by atoms with van der Waals surface area (Å²) in [6.45, 7) is 2.26. The highest BCUT2D eigenvalue weighted by molar-refractivity contribution is 8.01. The smallest absolute Gasteiger partial charge is 0.160 e. The van der Waals surface area contributed by atoms with E-state index >= 15 is 0 Å². The average Bonchev–Trinajstić information content (AvgIpc) is 2.85. The minimum absolute atomic E-state index is 0.841. The zero-order valence-electron chi connectivity index (χ0n) is 11.3. The van der Waals surface area contributed by atoms with Gasteiger partial charge in [0, 0.05) is 0 Å². The molecule has 1 heterocycles. The highest BCUT2D eigenvalue weighted by atomic mass is 32.2. The quantitative estimate of drug-likeness (QED) is 0.290. The van der Waals surface area contributed by atoms with Crippen LogP contribution in [0.2, 0.25) is 0 Å². The Labute approximate surface area is 119 Å². The van der Waals surface area contributed by atoms with Crippen molar-refractivity contribution in [3.8, 4) is 0 Å². The van der Waals surface area contributed by atoms with E-state index in [4.69, 9.17) is 0 Å². The molecule has 0 atom stereocenters. The number of carbonyl (C=O) groups is 1. The molecule has 0 aliphatic carbocycles. The van der Waals surface area contributed by atoms with Crippen LogP contribution in [0.4, 0.5) is 0 Å². The Bertz CT molecular complexity index is 320. The zero-order chi connectivity index (χ0) is 13.1. The largest absolute Gasteiger partial charge is 0.297 e. The van der Waals surface area contributed by atoms with Crippen LogP contribution in [0.3, 0.4) is 0 Å². The summed E-state index contributed by atoms with van der Waals surface area (Å²) in [5.74, 6) is 1.19. The Morgan fingerprint density at radius 1 is 1.06 bits per heavy atom. The second-order valence-corrected chi connectivity index (χ2v) is 7.11. The van der Waals surface area contributed by atoms with E-state index in [1.165, 1.54) is 61.3 Å². The van der Waals surface area contributed by atoms with Gasteiger partial charge in [-0.2, -0.15) is 0 Å². The number of rotatable bonds is 11. The SMILES string of the molecule is CCCCCCCCCCSc1ccc(C=O)s1. The number of thiophene rings is 1. The van der Waals surface area contributed by atoms with E-state index in [9.17, 15) is 4.79 Å². The maximum Gasteiger partial charge on any atom is 0.160 e. The number of aldehydes is 1. The number of hydrogen-bond acceptors (Lipinski definition) is 3. The van der Waals surface area contributed by atoms with Crippen molar-refractivity contribution in [2.24, 2.45) is 0 Å². The van der Waals surface area contributed by atoms with Crippen molar-refractivity contribution < 1.29 is 4.79 Å². The zero-order valence-corrected chi connectivity index (χ0v) is 13.0. The van der Waals surface area contributed by atoms with Crippen molar-refractivity contribution in [2.45, 2.75) is 62.5 Å². The highest BCUT2D eigenvalue weighted by Crippen LogP contribution is 2.27. The first-order chi connectivity index (χ1) is 8.86. The minimum Gasteiger partial charge on any atom is -0.297 e. The standard InChI is InChI=1S/C15H24OS2/c1-2-3-4-5-6-7-8-9-12-17-15-11-10-14(13-16)18-15/h10-11,13H,2-9,12H2,1H3. The molecule has 102 valence electrons. The van der Waals surface area contributed by atoms with Crippen molar-refractivity contribution in [1.82, 2.24) is 0 Å². The second kappa shape index (κ2) is 10.6. The summed E-state index contributed by atoms with van der Waals surface area (Å²) < 4.78 is 1.28. The lowest BCUT2D eigenvalue weighted by Crippen LogP contribution is -1.82. The summed E-state index contributed by atoms with van der Waals surface area (Å²) >= 11 is 3.49. The van der Waals surface area contributed by atoms with E-state index in [1.54, 1.807) is 11.3 Å². The van der Waals surface area contributed by atoms with Crippen LogP contribution >= 0.6 is 23.1 Å². The summed E-state index contributed by atoms with van der Waals surface area (Å²) in [5, 5.41) is 0. The van der Waals surface area contributed by atoms with E-state index < -0.39 is 0 Å². The molecule has 0 fully saturated rings. The van der Waals surface area contributed by atoms with E-state index in [0.29, 0.717) is 0 Å². The topological polar surface area (TPSA) is 17.1 Å². The third-order valence-electron chi connectivity index (χ3n) is 2.96. The van der Waals surface area contributed by atoms with Gasteiger partial charge in [-0.15, -0.1) is 23.1 Å². The number of unbranched alkanes of at least 4 members (excludes halogenated alkanes) is 7. The van der Waals surface area contributed by atoms with Crippen LogP contribution < -0.4 is 0 Å². The van der Waals surface area contributed by atoms with Crippen LogP contribution in [-0.4, -0.2) is 12.0 Å². The van der Waals surface area contributed by atoms with Crippen LogP contribution in [-0.2, 0) is 0 Å². The lowest BCUT2D eigenvalue weighted by Gasteiger charge is -2.01. The minimum atomic E-state index is 0.841. The normalized spacial score (nSPS) is 10.7. The summed E-state index contributed by atoms with van der Waals surface area (Å²) in [6, 6.07) is 3.97. The van der Waals surface area contributed by atoms with Gasteiger partial charge >= 0.3 is 0 Å². The molecule has 0 bridgehead atoms. The molecule has 0 aromatic carbocycles. The van der Waals surface area contributed by atoms with Gasteiger partial charge in [0.15, 0.2) is 6.29 Å². The second-order valence-electron chi connectivity index (χ2n) is 4.60. The molecule has 18 heavy (non-hydrogen) atoms. The van der Waals surface area contributed by atoms with E-state index in [2.05, 4.69) is 13.0 Å². The molecule has 1 nitrogen and oxygen atoms in total. The van der Waals surface area contributed by atoms with Crippen molar-refractivity contribution >= 4 is 29.4 Å². The van der Waals surface area contributed by atoms with Crippen LogP contribution in [0.1, 0.15) is 68.0 Å². The highest BCUT2D eigenvalue weighted by Gasteiger charge is 1.99. The number of carbonyl (C=O) groups excluding carboxylic acids is 1. The Balaban J connectivity index is 1.91. The van der Waals surface area contributed by atoms with Gasteiger partial charge in [0.05, 0.1) is 9.09 Å². The first kappa shape index (κ1) is 15.8. The van der Waals surface area contributed by atoms with Crippen molar-refractivity contribution in [3.05, 3.63) is 17.0 Å². The van der Waals surface area contributed by atoms with E-state index in [0.717, 1.165) is 11.2 Å². The Hall–Kier alpha value is -0.280. The Kier molecular flexibility index (Phi) is 9.31. The van der Waals surface area contributed by atoms with E-state index in [1.807, 2.05) is 17.8 Å². The van der Waals surface area contributed by atoms with Gasteiger partial charge in [0.25, 0.3) is 0 Å². The predicted octanol–water partition coefficient (Wildman–Crippen LogP) is 5.79. The van der Waals surface area contributed by atoms with Gasteiger partial charge < -0.3 is 0 Å². The molecule has 0 aliphatic rings. The monoisotopic (exact) mass is 284 g/mol. The van der Waals surface area contributed by atoms with Crippen molar-refractivity contribution in [2.75, 3.05) is 5.75 Å². The number of thioether (sulfide) groups is 1. The van der Waals surface area contributed by atoms with Crippen LogP contribution in [0, 0.1) is 0 Å². The molecule has 0 radical (unpaired) electrons. The van der Waals surface area contributed by atoms with Crippen molar-refractivity contribution in [3.63, 3.8) is 0 Å². The van der Waals surface area contributed by atoms with Gasteiger partial charge in [0.1, 0.15) is 0 Å². The lowest BCUT2D eigenvalue weighted by atomic mass is 10.1. The molecule has 1 rings (SSSR count). The van der Waals surface area contributed by atoms with E-state index in [-0.39, 0.29) is 0 Å². The summed E-state index contributed by atoms with van der Waals surface area (Å²) in [6.07, 6.45) is 11.9. The fraction of sp³-hybridized carbons (Fsp3) is 0.667. The predicted molar refractivity (Wildman–Crippen MR) is 83.0 cm³/mol. The van der Waals surface area contributed by atoms with Gasteiger partial charge in [-0.25, -0.2) is 0 Å². The summed E-state index contributed by atoms with van der Waals surface area (Å²) in [7, 11) is 0. The molecule has 1 aromatic rings. The fourth-order valence-electron chi connectivity index (χ4n) is 1.88. The molecule has 0 amide bonds. The van der Waals surface area contributed by atoms with Gasteiger partial charge in [-0.1, -0.05) is 51.9 Å². The molecule has 0 unspecified atom stereocenters. The molecular formula is C15H24OS2. The van der Waals surface area contributed by atoms with Gasteiger partial charge in [-0.3, -0.25) is 4.79 Å². The summed E-state index contributed by atoms with van der Waals surface area (Å²) in [5.41, 5.74) is 0. The Morgan fingerprint density at radius 2 is 1.72 bits per heavy atom. The molecular weight excluding hydrogens is 260 g/mol. The van der Waals surface area contributed by atoms with Crippen molar-refractivity contribution in [1.29, 1.82) is 0 Å². The molecule has 0 aliphatic heterocycles. The third-order valence-corrected chi connectivity index (χ3v) is 5.28. The maximum atomic E-state index is 10.5. The molecule has 0 N–H and O–H groups in total. The summed E-state index contributed by atoms with van der Waals surface area (Å²) in [4.78, 5) is 11.4. The maximum absolute atomic E-state index is 10.5. The van der Waals surface area contributed by atoms with Crippen LogP contribution in [0.15, 0.2) is 16.3 Å².